The maximum absolute atomic E-state index is 5.51. The van der Waals surface area contributed by atoms with Crippen LogP contribution in [0.15, 0.2) is 36.4 Å². The molecule has 1 aromatic rings. The fourth-order valence-corrected chi connectivity index (χ4v) is 1.58. The summed E-state index contributed by atoms with van der Waals surface area (Å²) in [7, 11) is 3.74. The molecule has 1 aromatic carbocycles. The highest BCUT2D eigenvalue weighted by atomic mass is 16.5. The number of methoxy groups -OCH3 is 1. The molecule has 0 radical (unpaired) electrons. The smallest absolute Gasteiger partial charge is 0.119 e. The third-order valence-electron chi connectivity index (χ3n) is 2.37. The molecule has 0 aliphatic carbocycles. The minimum Gasteiger partial charge on any atom is -0.497 e. The Bertz CT molecular complexity index is 350. The Kier molecular flexibility index (Phi) is 5.02. The number of likely N-dealkylation sites (N-methyl/N-ethyl adjacent to an activating group) is 1. The summed E-state index contributed by atoms with van der Waals surface area (Å²) in [6.45, 7) is 6.14. The summed E-state index contributed by atoms with van der Waals surface area (Å²) < 4.78 is 5.18. The number of nitrogens with zero attached hydrogens (tertiary/aromatic N) is 1. The van der Waals surface area contributed by atoms with Crippen LogP contribution < -0.4 is 10.5 Å². The van der Waals surface area contributed by atoms with E-state index in [4.69, 9.17) is 10.5 Å². The maximum atomic E-state index is 5.51. The largest absolute Gasteiger partial charge is 0.497 e. The lowest BCUT2D eigenvalue weighted by Gasteiger charge is -2.17. The molecule has 0 aliphatic rings. The second-order valence-electron chi connectivity index (χ2n) is 3.98. The monoisotopic (exact) mass is 220 g/mol. The molecule has 0 amide bonds. The SMILES string of the molecule is C=C(CN)CN(C)Cc1cccc(OC)c1. The standard InChI is InChI=1S/C13H20N2O/c1-11(8-14)9-15(2)10-12-5-4-6-13(7-12)16-3/h4-7H,1,8-10,14H2,2-3H3. The van der Waals surface area contributed by atoms with Crippen LogP contribution in [0.4, 0.5) is 0 Å². The minimum atomic E-state index is 0.544. The Hall–Kier alpha value is -1.32. The third kappa shape index (κ3) is 4.04. The van der Waals surface area contributed by atoms with Gasteiger partial charge in [0.25, 0.3) is 0 Å². The Morgan fingerprint density at radius 2 is 2.25 bits per heavy atom. The zero-order valence-corrected chi connectivity index (χ0v) is 10.1. The van der Waals surface area contributed by atoms with Gasteiger partial charge < -0.3 is 10.5 Å². The Morgan fingerprint density at radius 1 is 1.50 bits per heavy atom. The van der Waals surface area contributed by atoms with E-state index in [1.165, 1.54) is 5.56 Å². The van der Waals surface area contributed by atoms with Crippen molar-refractivity contribution in [3.8, 4) is 5.75 Å². The molecule has 3 nitrogen and oxygen atoms in total. The van der Waals surface area contributed by atoms with Gasteiger partial charge >= 0.3 is 0 Å². The van der Waals surface area contributed by atoms with Gasteiger partial charge in [-0.15, -0.1) is 0 Å². The van der Waals surface area contributed by atoms with E-state index in [9.17, 15) is 0 Å². The molecule has 16 heavy (non-hydrogen) atoms. The molecule has 88 valence electrons. The van der Waals surface area contributed by atoms with Crippen LogP contribution in [0.5, 0.6) is 5.75 Å². The number of hydrogen-bond donors (Lipinski definition) is 1. The topological polar surface area (TPSA) is 38.5 Å². The average molecular weight is 220 g/mol. The number of benzene rings is 1. The minimum absolute atomic E-state index is 0.544. The van der Waals surface area contributed by atoms with Crippen molar-refractivity contribution in [2.45, 2.75) is 6.54 Å². The first-order chi connectivity index (χ1) is 7.65. The van der Waals surface area contributed by atoms with Gasteiger partial charge in [0, 0.05) is 19.6 Å². The predicted molar refractivity (Wildman–Crippen MR) is 67.5 cm³/mol. The zero-order chi connectivity index (χ0) is 12.0. The van der Waals surface area contributed by atoms with Gasteiger partial charge in [0.2, 0.25) is 0 Å². The molecule has 0 heterocycles. The molecular weight excluding hydrogens is 200 g/mol. The lowest BCUT2D eigenvalue weighted by molar-refractivity contribution is 0.352. The van der Waals surface area contributed by atoms with Crippen LogP contribution in [-0.4, -0.2) is 32.1 Å². The molecule has 0 aliphatic heterocycles. The van der Waals surface area contributed by atoms with Gasteiger partial charge in [-0.05, 0) is 30.3 Å². The van der Waals surface area contributed by atoms with Crippen molar-refractivity contribution in [3.05, 3.63) is 42.0 Å². The summed E-state index contributed by atoms with van der Waals surface area (Å²) in [5.41, 5.74) is 7.79. The number of ether oxygens (including phenoxy) is 1. The molecule has 0 spiro atoms. The molecule has 0 atom stereocenters. The van der Waals surface area contributed by atoms with Crippen LogP contribution in [0.1, 0.15) is 5.56 Å². The highest BCUT2D eigenvalue weighted by molar-refractivity contribution is 5.28. The number of nitrogens with two attached hydrogens (primary N) is 1. The first kappa shape index (κ1) is 12.7. The van der Waals surface area contributed by atoms with Crippen molar-refractivity contribution in [1.29, 1.82) is 0 Å². The molecule has 0 bridgehead atoms. The molecule has 0 saturated heterocycles. The van der Waals surface area contributed by atoms with Crippen LogP contribution in [0.25, 0.3) is 0 Å². The van der Waals surface area contributed by atoms with E-state index in [2.05, 4.69) is 24.6 Å². The Morgan fingerprint density at radius 3 is 2.88 bits per heavy atom. The van der Waals surface area contributed by atoms with E-state index >= 15 is 0 Å². The fourth-order valence-electron chi connectivity index (χ4n) is 1.58. The van der Waals surface area contributed by atoms with E-state index in [-0.39, 0.29) is 0 Å². The molecule has 3 heteroatoms. The molecule has 1 rings (SSSR count). The maximum Gasteiger partial charge on any atom is 0.119 e. The first-order valence-electron chi connectivity index (χ1n) is 5.34. The van der Waals surface area contributed by atoms with Crippen molar-refractivity contribution in [2.75, 3.05) is 27.2 Å². The van der Waals surface area contributed by atoms with Crippen molar-refractivity contribution in [3.63, 3.8) is 0 Å². The molecular formula is C13H20N2O. The second kappa shape index (κ2) is 6.30. The van der Waals surface area contributed by atoms with E-state index in [0.717, 1.165) is 24.4 Å². The van der Waals surface area contributed by atoms with Crippen molar-refractivity contribution >= 4 is 0 Å². The second-order valence-corrected chi connectivity index (χ2v) is 3.98. The van der Waals surface area contributed by atoms with Crippen LogP contribution in [0.3, 0.4) is 0 Å². The van der Waals surface area contributed by atoms with Gasteiger partial charge in [0.05, 0.1) is 7.11 Å². The summed E-state index contributed by atoms with van der Waals surface area (Å²) >= 11 is 0. The predicted octanol–water partition coefficient (Wildman–Crippen LogP) is 1.64. The zero-order valence-electron chi connectivity index (χ0n) is 10.1. The molecule has 0 saturated carbocycles. The van der Waals surface area contributed by atoms with E-state index in [1.807, 2.05) is 18.2 Å². The van der Waals surface area contributed by atoms with Crippen LogP contribution in [-0.2, 0) is 6.54 Å². The normalized spacial score (nSPS) is 10.5. The van der Waals surface area contributed by atoms with Gasteiger partial charge in [-0.1, -0.05) is 18.7 Å². The molecule has 0 fully saturated rings. The van der Waals surface area contributed by atoms with Crippen molar-refractivity contribution in [2.24, 2.45) is 5.73 Å². The molecule has 2 N–H and O–H groups in total. The Labute approximate surface area is 97.5 Å². The first-order valence-corrected chi connectivity index (χ1v) is 5.34. The van der Waals surface area contributed by atoms with E-state index < -0.39 is 0 Å². The summed E-state index contributed by atoms with van der Waals surface area (Å²) in [4.78, 5) is 2.18. The molecule has 0 unspecified atom stereocenters. The number of rotatable bonds is 6. The van der Waals surface area contributed by atoms with Crippen LogP contribution >= 0.6 is 0 Å². The summed E-state index contributed by atoms with van der Waals surface area (Å²) in [5, 5.41) is 0. The summed E-state index contributed by atoms with van der Waals surface area (Å²) in [6.07, 6.45) is 0. The van der Waals surface area contributed by atoms with Crippen molar-refractivity contribution < 1.29 is 4.74 Å². The summed E-state index contributed by atoms with van der Waals surface area (Å²) in [5.74, 6) is 0.892. The third-order valence-corrected chi connectivity index (χ3v) is 2.37. The fraction of sp³-hybridized carbons (Fsp3) is 0.385. The lowest BCUT2D eigenvalue weighted by atomic mass is 10.2. The summed E-state index contributed by atoms with van der Waals surface area (Å²) in [6, 6.07) is 8.08. The lowest BCUT2D eigenvalue weighted by Crippen LogP contribution is -2.23. The van der Waals surface area contributed by atoms with Crippen LogP contribution in [0, 0.1) is 0 Å². The molecule has 0 aromatic heterocycles. The number of hydrogen-bond acceptors (Lipinski definition) is 3. The Balaban J connectivity index is 2.55. The van der Waals surface area contributed by atoms with E-state index in [1.54, 1.807) is 7.11 Å². The quantitative estimate of drug-likeness (QED) is 0.741. The van der Waals surface area contributed by atoms with Gasteiger partial charge in [-0.3, -0.25) is 4.90 Å². The van der Waals surface area contributed by atoms with Gasteiger partial charge in [0.1, 0.15) is 5.75 Å². The van der Waals surface area contributed by atoms with Gasteiger partial charge in [0.15, 0.2) is 0 Å². The highest BCUT2D eigenvalue weighted by Gasteiger charge is 2.02. The average Bonchev–Trinajstić information content (AvgIpc) is 2.28. The highest BCUT2D eigenvalue weighted by Crippen LogP contribution is 2.13. The van der Waals surface area contributed by atoms with E-state index in [0.29, 0.717) is 6.54 Å². The van der Waals surface area contributed by atoms with Gasteiger partial charge in [-0.2, -0.15) is 0 Å². The van der Waals surface area contributed by atoms with Gasteiger partial charge in [-0.25, -0.2) is 0 Å². The van der Waals surface area contributed by atoms with Crippen molar-refractivity contribution in [1.82, 2.24) is 4.90 Å². The van der Waals surface area contributed by atoms with Crippen LogP contribution in [0.2, 0.25) is 0 Å².